The first-order valence-corrected chi connectivity index (χ1v) is 6.97. The van der Waals surface area contributed by atoms with Crippen LogP contribution in [0.5, 0.6) is 0 Å². The Morgan fingerprint density at radius 2 is 2.39 bits per heavy atom. The largest absolute Gasteiger partial charge is 0.376 e. The average molecular weight is 246 g/mol. The Labute approximate surface area is 109 Å². The van der Waals surface area contributed by atoms with Crippen molar-refractivity contribution in [2.75, 3.05) is 26.2 Å². The molecule has 1 aromatic carbocycles. The molecule has 0 saturated carbocycles. The van der Waals surface area contributed by atoms with E-state index >= 15 is 0 Å². The standard InChI is InChI=1S/C15H22N2O/c1-12-10-17(7-8-18-12)11-14-4-2-3-13-9-16-6-5-15(13)14/h2-4,12,16H,5-11H2,1H3. The van der Waals surface area contributed by atoms with Crippen molar-refractivity contribution in [2.45, 2.75) is 32.5 Å². The van der Waals surface area contributed by atoms with Gasteiger partial charge in [-0.15, -0.1) is 0 Å². The van der Waals surface area contributed by atoms with Crippen LogP contribution in [0.3, 0.4) is 0 Å². The highest BCUT2D eigenvalue weighted by atomic mass is 16.5. The maximum atomic E-state index is 5.61. The van der Waals surface area contributed by atoms with Crippen LogP contribution in [0.25, 0.3) is 0 Å². The van der Waals surface area contributed by atoms with Crippen molar-refractivity contribution in [2.24, 2.45) is 0 Å². The lowest BCUT2D eigenvalue weighted by Gasteiger charge is -2.32. The van der Waals surface area contributed by atoms with Crippen molar-refractivity contribution in [3.05, 3.63) is 34.9 Å². The summed E-state index contributed by atoms with van der Waals surface area (Å²) in [5.74, 6) is 0. The Bertz CT molecular complexity index is 419. The van der Waals surface area contributed by atoms with Gasteiger partial charge in [0.25, 0.3) is 0 Å². The van der Waals surface area contributed by atoms with Gasteiger partial charge in [-0.3, -0.25) is 4.90 Å². The first-order chi connectivity index (χ1) is 8.83. The fourth-order valence-corrected chi connectivity index (χ4v) is 3.03. The maximum absolute atomic E-state index is 5.61. The minimum Gasteiger partial charge on any atom is -0.376 e. The van der Waals surface area contributed by atoms with Crippen molar-refractivity contribution in [1.82, 2.24) is 10.2 Å². The van der Waals surface area contributed by atoms with Crippen LogP contribution in [0.15, 0.2) is 18.2 Å². The van der Waals surface area contributed by atoms with E-state index in [4.69, 9.17) is 4.74 Å². The number of ether oxygens (including phenoxy) is 1. The zero-order valence-corrected chi connectivity index (χ0v) is 11.1. The molecule has 0 radical (unpaired) electrons. The Hall–Kier alpha value is -0.900. The normalized spacial score (nSPS) is 24.8. The minimum absolute atomic E-state index is 0.375. The van der Waals surface area contributed by atoms with Crippen molar-refractivity contribution >= 4 is 0 Å². The van der Waals surface area contributed by atoms with Crippen LogP contribution in [0.2, 0.25) is 0 Å². The summed E-state index contributed by atoms with van der Waals surface area (Å²) >= 11 is 0. The van der Waals surface area contributed by atoms with Crippen LogP contribution < -0.4 is 5.32 Å². The summed E-state index contributed by atoms with van der Waals surface area (Å²) in [5, 5.41) is 3.45. The van der Waals surface area contributed by atoms with Gasteiger partial charge < -0.3 is 10.1 Å². The highest BCUT2D eigenvalue weighted by Gasteiger charge is 2.19. The molecule has 0 aliphatic carbocycles. The number of hydrogen-bond donors (Lipinski definition) is 1. The van der Waals surface area contributed by atoms with Gasteiger partial charge in [-0.25, -0.2) is 0 Å². The molecule has 1 aromatic rings. The Kier molecular flexibility index (Phi) is 3.64. The molecule has 98 valence electrons. The summed E-state index contributed by atoms with van der Waals surface area (Å²) in [5.41, 5.74) is 4.58. The van der Waals surface area contributed by atoms with E-state index in [1.165, 1.54) is 17.5 Å². The van der Waals surface area contributed by atoms with E-state index < -0.39 is 0 Å². The molecule has 1 N–H and O–H groups in total. The van der Waals surface area contributed by atoms with Gasteiger partial charge in [0.2, 0.25) is 0 Å². The van der Waals surface area contributed by atoms with Crippen LogP contribution in [-0.4, -0.2) is 37.2 Å². The molecule has 0 bridgehead atoms. The Morgan fingerprint density at radius 1 is 1.44 bits per heavy atom. The molecule has 0 spiro atoms. The molecule has 1 fully saturated rings. The molecule has 1 atom stereocenters. The number of nitrogens with zero attached hydrogens (tertiary/aromatic N) is 1. The van der Waals surface area contributed by atoms with Gasteiger partial charge >= 0.3 is 0 Å². The molecular weight excluding hydrogens is 224 g/mol. The first-order valence-electron chi connectivity index (χ1n) is 6.97. The molecule has 3 heteroatoms. The minimum atomic E-state index is 0.375. The molecule has 1 unspecified atom stereocenters. The molecular formula is C15H22N2O. The predicted octanol–water partition coefficient (Wildman–Crippen LogP) is 1.55. The summed E-state index contributed by atoms with van der Waals surface area (Å²) < 4.78 is 5.61. The van der Waals surface area contributed by atoms with Gasteiger partial charge in [-0.1, -0.05) is 18.2 Å². The number of hydrogen-bond acceptors (Lipinski definition) is 3. The fourth-order valence-electron chi connectivity index (χ4n) is 3.03. The first kappa shape index (κ1) is 12.2. The zero-order valence-electron chi connectivity index (χ0n) is 11.1. The van der Waals surface area contributed by atoms with Crippen molar-refractivity contribution in [3.8, 4) is 0 Å². The van der Waals surface area contributed by atoms with Crippen LogP contribution in [0, 0.1) is 0 Å². The Morgan fingerprint density at radius 3 is 3.28 bits per heavy atom. The predicted molar refractivity (Wildman–Crippen MR) is 72.5 cm³/mol. The third-order valence-corrected chi connectivity index (χ3v) is 3.96. The topological polar surface area (TPSA) is 24.5 Å². The van der Waals surface area contributed by atoms with Crippen LogP contribution in [-0.2, 0) is 24.2 Å². The third kappa shape index (κ3) is 2.58. The van der Waals surface area contributed by atoms with E-state index in [2.05, 4.69) is 35.3 Å². The SMILES string of the molecule is CC1CN(Cc2cccc3c2CCNC3)CCO1. The molecule has 0 amide bonds. The zero-order chi connectivity index (χ0) is 12.4. The monoisotopic (exact) mass is 246 g/mol. The maximum Gasteiger partial charge on any atom is 0.0674 e. The highest BCUT2D eigenvalue weighted by Crippen LogP contribution is 2.21. The number of morpholine rings is 1. The number of rotatable bonds is 2. The van der Waals surface area contributed by atoms with Crippen molar-refractivity contribution in [3.63, 3.8) is 0 Å². The second-order valence-electron chi connectivity index (χ2n) is 5.40. The van der Waals surface area contributed by atoms with Gasteiger partial charge in [0.15, 0.2) is 0 Å². The van der Waals surface area contributed by atoms with Gasteiger partial charge in [0, 0.05) is 26.2 Å². The number of benzene rings is 1. The van der Waals surface area contributed by atoms with Crippen molar-refractivity contribution in [1.29, 1.82) is 0 Å². The smallest absolute Gasteiger partial charge is 0.0674 e. The van der Waals surface area contributed by atoms with Gasteiger partial charge in [0.1, 0.15) is 0 Å². The van der Waals surface area contributed by atoms with E-state index in [0.29, 0.717) is 6.10 Å². The van der Waals surface area contributed by atoms with Crippen molar-refractivity contribution < 1.29 is 4.74 Å². The molecule has 0 aromatic heterocycles. The highest BCUT2D eigenvalue weighted by molar-refractivity contribution is 5.37. The molecule has 2 aliphatic heterocycles. The lowest BCUT2D eigenvalue weighted by molar-refractivity contribution is -0.0213. The van der Waals surface area contributed by atoms with Gasteiger partial charge in [-0.05, 0) is 36.6 Å². The van der Waals surface area contributed by atoms with E-state index in [0.717, 1.165) is 39.3 Å². The van der Waals surface area contributed by atoms with E-state index in [-0.39, 0.29) is 0 Å². The summed E-state index contributed by atoms with van der Waals surface area (Å²) in [6.07, 6.45) is 1.55. The molecule has 2 aliphatic rings. The second-order valence-corrected chi connectivity index (χ2v) is 5.40. The molecule has 3 rings (SSSR count). The van der Waals surface area contributed by atoms with Gasteiger partial charge in [-0.2, -0.15) is 0 Å². The third-order valence-electron chi connectivity index (χ3n) is 3.96. The van der Waals surface area contributed by atoms with Gasteiger partial charge in [0.05, 0.1) is 12.7 Å². The Balaban J connectivity index is 1.76. The summed E-state index contributed by atoms with van der Waals surface area (Å²) in [4.78, 5) is 2.52. The molecule has 3 nitrogen and oxygen atoms in total. The van der Waals surface area contributed by atoms with Crippen LogP contribution in [0.4, 0.5) is 0 Å². The molecule has 1 saturated heterocycles. The average Bonchev–Trinajstić information content (AvgIpc) is 2.39. The molecule has 2 heterocycles. The van der Waals surface area contributed by atoms with Crippen LogP contribution in [0.1, 0.15) is 23.6 Å². The summed E-state index contributed by atoms with van der Waals surface area (Å²) in [7, 11) is 0. The summed E-state index contributed by atoms with van der Waals surface area (Å²) in [6, 6.07) is 6.75. The fraction of sp³-hybridized carbons (Fsp3) is 0.600. The number of fused-ring (bicyclic) bond motifs is 1. The van der Waals surface area contributed by atoms with E-state index in [1.54, 1.807) is 5.56 Å². The molecule has 18 heavy (non-hydrogen) atoms. The van der Waals surface area contributed by atoms with E-state index in [1.807, 2.05) is 0 Å². The van der Waals surface area contributed by atoms with E-state index in [9.17, 15) is 0 Å². The number of nitrogens with one attached hydrogen (secondary N) is 1. The lowest BCUT2D eigenvalue weighted by Crippen LogP contribution is -2.40. The quantitative estimate of drug-likeness (QED) is 0.857. The summed E-state index contributed by atoms with van der Waals surface area (Å²) in [6.45, 7) is 8.38. The van der Waals surface area contributed by atoms with Crippen LogP contribution >= 0.6 is 0 Å². The lowest BCUT2D eigenvalue weighted by atomic mass is 9.95. The second kappa shape index (κ2) is 5.39.